The summed E-state index contributed by atoms with van der Waals surface area (Å²) >= 11 is 0. The van der Waals surface area contributed by atoms with Crippen LogP contribution in [0.4, 0.5) is 0 Å². The van der Waals surface area contributed by atoms with Gasteiger partial charge in [-0.25, -0.2) is 9.67 Å². The molecule has 1 unspecified atom stereocenters. The lowest BCUT2D eigenvalue weighted by atomic mass is 9.94. The van der Waals surface area contributed by atoms with Crippen LogP contribution in [-0.4, -0.2) is 20.5 Å². The van der Waals surface area contributed by atoms with Gasteiger partial charge in [-0.3, -0.25) is 4.79 Å². The van der Waals surface area contributed by atoms with Gasteiger partial charge in [-0.1, -0.05) is 20.8 Å². The molecule has 0 aromatic carbocycles. The van der Waals surface area contributed by atoms with E-state index >= 15 is 0 Å². The van der Waals surface area contributed by atoms with Crippen LogP contribution in [-0.2, 0) is 6.42 Å². The zero-order valence-corrected chi connectivity index (χ0v) is 12.5. The Bertz CT molecular complexity index is 697. The second-order valence-electron chi connectivity index (χ2n) is 4.98. The van der Waals surface area contributed by atoms with Gasteiger partial charge in [0.15, 0.2) is 17.3 Å². The second-order valence-corrected chi connectivity index (χ2v) is 4.98. The average Bonchev–Trinajstić information content (AvgIpc) is 3.01. The maximum atomic E-state index is 12.5. The summed E-state index contributed by atoms with van der Waals surface area (Å²) in [6, 6.07) is 5.36. The SMILES string of the molecule is CCc1cnc(-n2ccc(C#N)n2)cc1C(=O)C(C)CC. The Balaban J connectivity index is 2.47. The Hall–Kier alpha value is -2.48. The van der Waals surface area contributed by atoms with Gasteiger partial charge in [-0.05, 0) is 30.5 Å². The molecule has 2 aromatic rings. The second kappa shape index (κ2) is 6.31. The van der Waals surface area contributed by atoms with E-state index in [0.29, 0.717) is 17.1 Å². The van der Waals surface area contributed by atoms with E-state index in [0.717, 1.165) is 18.4 Å². The summed E-state index contributed by atoms with van der Waals surface area (Å²) in [7, 11) is 0. The average molecular weight is 282 g/mol. The third-order valence-corrected chi connectivity index (χ3v) is 3.62. The van der Waals surface area contributed by atoms with Crippen molar-refractivity contribution in [3.05, 3.63) is 41.3 Å². The van der Waals surface area contributed by atoms with Crippen molar-refractivity contribution in [1.29, 1.82) is 5.26 Å². The van der Waals surface area contributed by atoms with Gasteiger partial charge < -0.3 is 0 Å². The molecule has 0 bridgehead atoms. The molecule has 1 atom stereocenters. The van der Waals surface area contributed by atoms with E-state index in [-0.39, 0.29) is 11.7 Å². The zero-order chi connectivity index (χ0) is 15.4. The standard InChI is InChI=1S/C16H18N4O/c1-4-11(3)16(21)14-8-15(18-10-12(14)5-2)20-7-6-13(9-17)19-20/h6-8,10-11H,4-5H2,1-3H3. The Morgan fingerprint density at radius 2 is 2.24 bits per heavy atom. The van der Waals surface area contributed by atoms with Crippen LogP contribution in [0.2, 0.25) is 0 Å². The number of carbonyl (C=O) groups excluding carboxylic acids is 1. The van der Waals surface area contributed by atoms with Crippen LogP contribution in [0.1, 0.15) is 48.8 Å². The first-order valence-electron chi connectivity index (χ1n) is 7.10. The van der Waals surface area contributed by atoms with Crippen molar-refractivity contribution >= 4 is 5.78 Å². The molecule has 2 aromatic heterocycles. The minimum atomic E-state index is -0.0159. The minimum absolute atomic E-state index is 0.0159. The van der Waals surface area contributed by atoms with Crippen molar-refractivity contribution in [3.8, 4) is 11.9 Å². The maximum absolute atomic E-state index is 12.5. The Morgan fingerprint density at radius 3 is 2.81 bits per heavy atom. The number of nitrogens with zero attached hydrogens (tertiary/aromatic N) is 4. The van der Waals surface area contributed by atoms with E-state index < -0.39 is 0 Å². The van der Waals surface area contributed by atoms with E-state index in [1.54, 1.807) is 24.5 Å². The number of pyridine rings is 1. The molecule has 0 saturated heterocycles. The van der Waals surface area contributed by atoms with Crippen molar-refractivity contribution < 1.29 is 4.79 Å². The smallest absolute Gasteiger partial charge is 0.166 e. The van der Waals surface area contributed by atoms with Crippen LogP contribution in [0.25, 0.3) is 5.82 Å². The van der Waals surface area contributed by atoms with Gasteiger partial charge >= 0.3 is 0 Å². The van der Waals surface area contributed by atoms with Gasteiger partial charge in [-0.2, -0.15) is 10.4 Å². The van der Waals surface area contributed by atoms with E-state index in [4.69, 9.17) is 5.26 Å². The lowest BCUT2D eigenvalue weighted by molar-refractivity contribution is 0.0926. The lowest BCUT2D eigenvalue weighted by Crippen LogP contribution is -2.14. The number of Topliss-reactive ketones (excluding diaryl/α,β-unsaturated/α-hetero) is 1. The zero-order valence-electron chi connectivity index (χ0n) is 12.5. The van der Waals surface area contributed by atoms with E-state index in [1.807, 2.05) is 26.8 Å². The first-order chi connectivity index (χ1) is 10.1. The number of ketones is 1. The third kappa shape index (κ3) is 3.00. The molecule has 0 aliphatic carbocycles. The predicted octanol–water partition coefficient (Wildman–Crippen LogP) is 2.93. The normalized spacial score (nSPS) is 11.9. The van der Waals surface area contributed by atoms with E-state index in [1.165, 1.54) is 4.68 Å². The highest BCUT2D eigenvalue weighted by molar-refractivity contribution is 5.99. The summed E-state index contributed by atoms with van der Waals surface area (Å²) in [6.45, 7) is 5.94. The van der Waals surface area contributed by atoms with Crippen molar-refractivity contribution in [3.63, 3.8) is 0 Å². The van der Waals surface area contributed by atoms with Crippen LogP contribution in [0.15, 0.2) is 24.5 Å². The minimum Gasteiger partial charge on any atom is -0.294 e. The fourth-order valence-corrected chi connectivity index (χ4v) is 2.07. The fourth-order valence-electron chi connectivity index (χ4n) is 2.07. The van der Waals surface area contributed by atoms with Gasteiger partial charge in [0.2, 0.25) is 0 Å². The summed E-state index contributed by atoms with van der Waals surface area (Å²) in [6.07, 6.45) is 4.95. The van der Waals surface area contributed by atoms with Gasteiger partial charge in [-0.15, -0.1) is 0 Å². The maximum Gasteiger partial charge on any atom is 0.166 e. The highest BCUT2D eigenvalue weighted by atomic mass is 16.1. The van der Waals surface area contributed by atoms with Crippen molar-refractivity contribution in [2.45, 2.75) is 33.6 Å². The van der Waals surface area contributed by atoms with Crippen LogP contribution in [0.3, 0.4) is 0 Å². The number of rotatable bonds is 5. The van der Waals surface area contributed by atoms with Gasteiger partial charge in [0.1, 0.15) is 6.07 Å². The number of aryl methyl sites for hydroxylation is 1. The summed E-state index contributed by atoms with van der Waals surface area (Å²) in [5, 5.41) is 12.9. The molecule has 2 rings (SSSR count). The first kappa shape index (κ1) is 14.9. The van der Waals surface area contributed by atoms with Crippen molar-refractivity contribution in [2.75, 3.05) is 0 Å². The molecule has 0 amide bonds. The number of hydrogen-bond donors (Lipinski definition) is 0. The molecule has 0 saturated carbocycles. The highest BCUT2D eigenvalue weighted by Gasteiger charge is 2.18. The molecule has 5 heteroatoms. The molecule has 0 N–H and O–H groups in total. The Kier molecular flexibility index (Phi) is 4.49. The van der Waals surface area contributed by atoms with Gasteiger partial charge in [0, 0.05) is 23.9 Å². The van der Waals surface area contributed by atoms with Gasteiger partial charge in [0.05, 0.1) is 0 Å². The summed E-state index contributed by atoms with van der Waals surface area (Å²) in [5.74, 6) is 0.670. The van der Waals surface area contributed by atoms with E-state index in [2.05, 4.69) is 10.1 Å². The van der Waals surface area contributed by atoms with Gasteiger partial charge in [0.25, 0.3) is 0 Å². The third-order valence-electron chi connectivity index (χ3n) is 3.62. The topological polar surface area (TPSA) is 71.6 Å². The molecule has 5 nitrogen and oxygen atoms in total. The number of nitriles is 1. The van der Waals surface area contributed by atoms with Crippen molar-refractivity contribution in [2.24, 2.45) is 5.92 Å². The predicted molar refractivity (Wildman–Crippen MR) is 79.2 cm³/mol. The highest BCUT2D eigenvalue weighted by Crippen LogP contribution is 2.19. The molecule has 0 fully saturated rings. The van der Waals surface area contributed by atoms with Crippen LogP contribution in [0.5, 0.6) is 0 Å². The van der Waals surface area contributed by atoms with Crippen LogP contribution < -0.4 is 0 Å². The molecule has 0 radical (unpaired) electrons. The molecular formula is C16H18N4O. The molecule has 21 heavy (non-hydrogen) atoms. The molecule has 108 valence electrons. The fraction of sp³-hybridized carbons (Fsp3) is 0.375. The van der Waals surface area contributed by atoms with E-state index in [9.17, 15) is 4.79 Å². The summed E-state index contributed by atoms with van der Waals surface area (Å²) in [5.41, 5.74) is 1.97. The molecule has 0 aliphatic rings. The van der Waals surface area contributed by atoms with Crippen LogP contribution >= 0.6 is 0 Å². The Morgan fingerprint density at radius 1 is 1.48 bits per heavy atom. The Labute approximate surface area is 124 Å². The summed E-state index contributed by atoms with van der Waals surface area (Å²) in [4.78, 5) is 16.8. The van der Waals surface area contributed by atoms with Crippen LogP contribution in [0, 0.1) is 17.2 Å². The first-order valence-corrected chi connectivity index (χ1v) is 7.10. The van der Waals surface area contributed by atoms with Crippen molar-refractivity contribution in [1.82, 2.24) is 14.8 Å². The lowest BCUT2D eigenvalue weighted by Gasteiger charge is -2.12. The largest absolute Gasteiger partial charge is 0.294 e. The monoisotopic (exact) mass is 282 g/mol. The number of aromatic nitrogens is 3. The molecule has 0 aliphatic heterocycles. The molecular weight excluding hydrogens is 264 g/mol. The quantitative estimate of drug-likeness (QED) is 0.790. The summed E-state index contributed by atoms with van der Waals surface area (Å²) < 4.78 is 1.52. The number of carbonyl (C=O) groups is 1. The number of hydrogen-bond acceptors (Lipinski definition) is 4. The molecule has 0 spiro atoms. The molecule has 2 heterocycles.